The molecule has 0 radical (unpaired) electrons. The lowest BCUT2D eigenvalue weighted by Crippen LogP contribution is -2.21. The van der Waals surface area contributed by atoms with Gasteiger partial charge < -0.3 is 16.0 Å². The molecule has 1 aliphatic heterocycles. The summed E-state index contributed by atoms with van der Waals surface area (Å²) in [5.74, 6) is -0.362. The molecule has 7 heteroatoms. The van der Waals surface area contributed by atoms with Crippen LogP contribution < -0.4 is 16.6 Å². The molecule has 0 aromatic carbocycles. The zero-order valence-electron chi connectivity index (χ0n) is 13.7. The Morgan fingerprint density at radius 3 is 2.75 bits per heavy atom. The number of amides is 1. The number of pyridine rings is 1. The second-order valence-corrected chi connectivity index (χ2v) is 6.82. The molecule has 4 rings (SSSR count). The Morgan fingerprint density at radius 1 is 1.25 bits per heavy atom. The zero-order valence-corrected chi connectivity index (χ0v) is 13.7. The number of H-pyrrole nitrogens is 1. The molecule has 4 N–H and O–H groups in total. The highest BCUT2D eigenvalue weighted by molar-refractivity contribution is 5.84. The Balaban J connectivity index is 1.92. The average Bonchev–Trinajstić information content (AvgIpc) is 3.21. The van der Waals surface area contributed by atoms with E-state index in [-0.39, 0.29) is 23.9 Å². The molecule has 1 amide bonds. The summed E-state index contributed by atoms with van der Waals surface area (Å²) in [5.41, 5.74) is 9.12. The van der Waals surface area contributed by atoms with Gasteiger partial charge in [-0.05, 0) is 50.6 Å². The smallest absolute Gasteiger partial charge is 0.253 e. The van der Waals surface area contributed by atoms with Gasteiger partial charge in [0.25, 0.3) is 5.56 Å². The summed E-state index contributed by atoms with van der Waals surface area (Å²) in [4.78, 5) is 26.7. The van der Waals surface area contributed by atoms with Crippen molar-refractivity contribution >= 4 is 16.9 Å². The van der Waals surface area contributed by atoms with Crippen LogP contribution in [0.5, 0.6) is 0 Å². The fourth-order valence-electron chi connectivity index (χ4n) is 4.06. The molecule has 7 nitrogen and oxygen atoms in total. The van der Waals surface area contributed by atoms with Crippen LogP contribution in [0.4, 0.5) is 0 Å². The molecule has 0 saturated carbocycles. The summed E-state index contributed by atoms with van der Waals surface area (Å²) in [6.07, 6.45) is 6.33. The quantitative estimate of drug-likeness (QED) is 0.775. The topological polar surface area (TPSA) is 106 Å². The number of nitrogens with zero attached hydrogens (tertiary/aromatic N) is 2. The van der Waals surface area contributed by atoms with E-state index in [1.165, 1.54) is 0 Å². The third-order valence-corrected chi connectivity index (χ3v) is 5.22. The number of carbonyl (C=O) groups excluding carboxylic acids is 1. The number of hydrogen-bond acceptors (Lipinski definition) is 4. The highest BCUT2D eigenvalue weighted by Crippen LogP contribution is 2.33. The fraction of sp³-hybridized carbons (Fsp3) is 0.588. The van der Waals surface area contributed by atoms with E-state index >= 15 is 0 Å². The standard InChI is InChI=1S/C17H23N5O2/c18-13(23)7-9-22-16-14(15(21-22)12-6-3-8-19-12)10-4-1-2-5-11(10)17(24)20-16/h12,19H,1-9H2,(H2,18,23)(H,20,24)/t12-/m1/s1. The van der Waals surface area contributed by atoms with E-state index < -0.39 is 0 Å². The predicted octanol–water partition coefficient (Wildman–Crippen LogP) is 0.903. The van der Waals surface area contributed by atoms with Crippen LogP contribution in [0.1, 0.15) is 55.0 Å². The van der Waals surface area contributed by atoms with Crippen molar-refractivity contribution < 1.29 is 4.79 Å². The number of nitrogens with one attached hydrogen (secondary N) is 2. The molecule has 2 aromatic heterocycles. The van der Waals surface area contributed by atoms with E-state index in [2.05, 4.69) is 10.3 Å². The molecule has 2 aliphatic rings. The van der Waals surface area contributed by atoms with Crippen LogP contribution >= 0.6 is 0 Å². The first kappa shape index (κ1) is 15.4. The lowest BCUT2D eigenvalue weighted by atomic mass is 9.89. The second kappa shape index (κ2) is 6.05. The van der Waals surface area contributed by atoms with E-state index in [0.717, 1.165) is 72.9 Å². The molecule has 0 spiro atoms. The van der Waals surface area contributed by atoms with Gasteiger partial charge in [0.2, 0.25) is 5.91 Å². The normalized spacial score (nSPS) is 20.4. The Hall–Kier alpha value is -2.15. The van der Waals surface area contributed by atoms with Crippen LogP contribution in [0.15, 0.2) is 4.79 Å². The van der Waals surface area contributed by atoms with Gasteiger partial charge in [-0.25, -0.2) is 4.68 Å². The number of carbonyl (C=O) groups is 1. The molecule has 1 aliphatic carbocycles. The maximum atomic E-state index is 12.5. The average molecular weight is 329 g/mol. The molecule has 3 heterocycles. The first-order valence-electron chi connectivity index (χ1n) is 8.81. The van der Waals surface area contributed by atoms with Gasteiger partial charge in [0.15, 0.2) is 0 Å². The molecular weight excluding hydrogens is 306 g/mol. The highest BCUT2D eigenvalue weighted by atomic mass is 16.1. The third-order valence-electron chi connectivity index (χ3n) is 5.22. The maximum Gasteiger partial charge on any atom is 0.253 e. The number of aryl methyl sites for hydroxylation is 2. The molecular formula is C17H23N5O2. The molecule has 1 fully saturated rings. The van der Waals surface area contributed by atoms with Crippen molar-refractivity contribution in [2.75, 3.05) is 6.54 Å². The van der Waals surface area contributed by atoms with Crippen LogP contribution in [0.2, 0.25) is 0 Å². The Labute approximate surface area is 139 Å². The molecule has 0 bridgehead atoms. The van der Waals surface area contributed by atoms with Gasteiger partial charge in [0, 0.05) is 17.4 Å². The van der Waals surface area contributed by atoms with Crippen LogP contribution in [0.25, 0.3) is 11.0 Å². The minimum Gasteiger partial charge on any atom is -0.370 e. The van der Waals surface area contributed by atoms with Gasteiger partial charge in [-0.3, -0.25) is 9.59 Å². The van der Waals surface area contributed by atoms with Gasteiger partial charge >= 0.3 is 0 Å². The SMILES string of the molecule is NC(=O)CCn1nc([C@H]2CCCN2)c2c3c(c(=O)[nH]c21)CCCC3. The van der Waals surface area contributed by atoms with Gasteiger partial charge in [-0.1, -0.05) is 0 Å². The van der Waals surface area contributed by atoms with Crippen molar-refractivity contribution in [2.45, 2.75) is 57.5 Å². The number of primary amides is 1. The summed E-state index contributed by atoms with van der Waals surface area (Å²) in [6.45, 7) is 1.39. The van der Waals surface area contributed by atoms with Crippen LogP contribution in [0.3, 0.4) is 0 Å². The van der Waals surface area contributed by atoms with Crippen molar-refractivity contribution in [3.05, 3.63) is 27.2 Å². The maximum absolute atomic E-state index is 12.5. The predicted molar refractivity (Wildman–Crippen MR) is 90.8 cm³/mol. The van der Waals surface area contributed by atoms with Crippen molar-refractivity contribution in [2.24, 2.45) is 5.73 Å². The van der Waals surface area contributed by atoms with Gasteiger partial charge in [-0.15, -0.1) is 0 Å². The number of aromatic amines is 1. The zero-order chi connectivity index (χ0) is 16.7. The first-order chi connectivity index (χ1) is 11.6. The lowest BCUT2D eigenvalue weighted by molar-refractivity contribution is -0.118. The van der Waals surface area contributed by atoms with Crippen LogP contribution in [0, 0.1) is 0 Å². The molecule has 128 valence electrons. The van der Waals surface area contributed by atoms with Crippen molar-refractivity contribution in [1.82, 2.24) is 20.1 Å². The fourth-order valence-corrected chi connectivity index (χ4v) is 4.06. The summed E-state index contributed by atoms with van der Waals surface area (Å²) in [5, 5.41) is 9.36. The Bertz CT molecular complexity index is 845. The highest BCUT2D eigenvalue weighted by Gasteiger charge is 2.27. The molecule has 1 saturated heterocycles. The van der Waals surface area contributed by atoms with E-state index in [9.17, 15) is 9.59 Å². The minimum absolute atomic E-state index is 0.0108. The van der Waals surface area contributed by atoms with E-state index in [0.29, 0.717) is 6.54 Å². The summed E-state index contributed by atoms with van der Waals surface area (Å²) in [7, 11) is 0. The molecule has 2 aromatic rings. The third kappa shape index (κ3) is 2.53. The Kier molecular flexibility index (Phi) is 3.88. The van der Waals surface area contributed by atoms with Gasteiger partial charge in [0.1, 0.15) is 5.65 Å². The minimum atomic E-state index is -0.362. The number of fused-ring (bicyclic) bond motifs is 3. The second-order valence-electron chi connectivity index (χ2n) is 6.82. The van der Waals surface area contributed by atoms with Crippen molar-refractivity contribution in [1.29, 1.82) is 0 Å². The van der Waals surface area contributed by atoms with Crippen molar-refractivity contribution in [3.63, 3.8) is 0 Å². The monoisotopic (exact) mass is 329 g/mol. The number of rotatable bonds is 4. The van der Waals surface area contributed by atoms with E-state index in [4.69, 9.17) is 10.8 Å². The number of aromatic nitrogens is 3. The lowest BCUT2D eigenvalue weighted by Gasteiger charge is -2.17. The Morgan fingerprint density at radius 2 is 2.04 bits per heavy atom. The number of nitrogens with two attached hydrogens (primary N) is 1. The number of hydrogen-bond donors (Lipinski definition) is 3. The van der Waals surface area contributed by atoms with Crippen LogP contribution in [-0.4, -0.2) is 27.2 Å². The van der Waals surface area contributed by atoms with Crippen LogP contribution in [-0.2, 0) is 24.2 Å². The summed E-state index contributed by atoms with van der Waals surface area (Å²) < 4.78 is 1.76. The largest absolute Gasteiger partial charge is 0.370 e. The molecule has 24 heavy (non-hydrogen) atoms. The summed E-state index contributed by atoms with van der Waals surface area (Å²) in [6, 6.07) is 0.222. The van der Waals surface area contributed by atoms with E-state index in [1.807, 2.05) is 0 Å². The molecule has 1 atom stereocenters. The summed E-state index contributed by atoms with van der Waals surface area (Å²) >= 11 is 0. The van der Waals surface area contributed by atoms with Crippen molar-refractivity contribution in [3.8, 4) is 0 Å². The first-order valence-corrected chi connectivity index (χ1v) is 8.81. The van der Waals surface area contributed by atoms with Gasteiger partial charge in [0.05, 0.1) is 18.3 Å². The molecule has 0 unspecified atom stereocenters. The van der Waals surface area contributed by atoms with Gasteiger partial charge in [-0.2, -0.15) is 5.10 Å². The van der Waals surface area contributed by atoms with E-state index in [1.54, 1.807) is 4.68 Å².